The number of likely N-dealkylation sites (tertiary alicyclic amines) is 1. The van der Waals surface area contributed by atoms with Gasteiger partial charge >= 0.3 is 5.97 Å². The number of fused-ring (bicyclic) bond motifs is 1. The van der Waals surface area contributed by atoms with Gasteiger partial charge in [-0.2, -0.15) is 0 Å². The molecule has 0 saturated carbocycles. The number of ketones is 1. The number of ether oxygens (including phenoxy) is 3. The molecule has 7 nitrogen and oxygen atoms in total. The zero-order valence-electron chi connectivity index (χ0n) is 16.1. The summed E-state index contributed by atoms with van der Waals surface area (Å²) in [4.78, 5) is 39.2. The third-order valence-electron chi connectivity index (χ3n) is 5.17. The number of piperidine rings is 1. The molecule has 1 amide bonds. The van der Waals surface area contributed by atoms with Crippen LogP contribution in [0.4, 0.5) is 0 Å². The second-order valence-corrected chi connectivity index (χ2v) is 7.63. The number of benzene rings is 2. The molecule has 0 spiro atoms. The smallest absolute Gasteiger partial charge is 0.311 e. The molecule has 2 aromatic carbocycles. The molecule has 2 aliphatic rings. The summed E-state index contributed by atoms with van der Waals surface area (Å²) in [6.07, 6.45) is 1.30. The quantitative estimate of drug-likeness (QED) is 0.535. The van der Waals surface area contributed by atoms with Gasteiger partial charge in [-0.3, -0.25) is 14.4 Å². The van der Waals surface area contributed by atoms with Crippen LogP contribution in [0, 0.1) is 5.92 Å². The maximum atomic E-state index is 12.7. The van der Waals surface area contributed by atoms with Gasteiger partial charge in [0.25, 0.3) is 5.91 Å². The van der Waals surface area contributed by atoms with E-state index < -0.39 is 11.9 Å². The lowest BCUT2D eigenvalue weighted by atomic mass is 9.97. The molecule has 0 bridgehead atoms. The Labute approximate surface area is 178 Å². The number of rotatable bonds is 5. The Morgan fingerprint density at radius 1 is 1.03 bits per heavy atom. The van der Waals surface area contributed by atoms with E-state index >= 15 is 0 Å². The van der Waals surface area contributed by atoms with Crippen molar-refractivity contribution in [2.45, 2.75) is 12.8 Å². The third-order valence-corrected chi connectivity index (χ3v) is 5.43. The van der Waals surface area contributed by atoms with Crippen LogP contribution >= 0.6 is 11.6 Å². The van der Waals surface area contributed by atoms with Crippen LogP contribution in [-0.4, -0.2) is 49.0 Å². The van der Waals surface area contributed by atoms with E-state index in [9.17, 15) is 14.4 Å². The second-order valence-electron chi connectivity index (χ2n) is 7.20. The van der Waals surface area contributed by atoms with E-state index in [1.807, 2.05) is 0 Å². The van der Waals surface area contributed by atoms with Crippen molar-refractivity contribution in [1.29, 1.82) is 0 Å². The van der Waals surface area contributed by atoms with Crippen LogP contribution in [0.5, 0.6) is 11.5 Å². The van der Waals surface area contributed by atoms with Crippen LogP contribution in [-0.2, 0) is 9.53 Å². The van der Waals surface area contributed by atoms with Gasteiger partial charge in [0, 0.05) is 29.2 Å². The first-order valence-corrected chi connectivity index (χ1v) is 10.0. The van der Waals surface area contributed by atoms with E-state index in [1.54, 1.807) is 47.4 Å². The molecule has 0 N–H and O–H groups in total. The molecule has 2 heterocycles. The van der Waals surface area contributed by atoms with Gasteiger partial charge in [0.2, 0.25) is 6.79 Å². The minimum absolute atomic E-state index is 0.120. The van der Waals surface area contributed by atoms with E-state index in [-0.39, 0.29) is 31.6 Å². The predicted molar refractivity (Wildman–Crippen MR) is 108 cm³/mol. The Balaban J connectivity index is 1.32. The molecule has 156 valence electrons. The summed E-state index contributed by atoms with van der Waals surface area (Å²) in [5, 5.41) is 0.554. The van der Waals surface area contributed by atoms with Gasteiger partial charge in [0.05, 0.1) is 5.92 Å². The van der Waals surface area contributed by atoms with Crippen molar-refractivity contribution in [3.8, 4) is 11.5 Å². The molecule has 1 unspecified atom stereocenters. The van der Waals surface area contributed by atoms with Crippen molar-refractivity contribution in [1.82, 2.24) is 4.90 Å². The number of Topliss-reactive ketones (excluding diaryl/α,β-unsaturated/α-hetero) is 1. The van der Waals surface area contributed by atoms with E-state index in [0.717, 1.165) is 0 Å². The molecule has 0 aromatic heterocycles. The van der Waals surface area contributed by atoms with Crippen molar-refractivity contribution in [2.24, 2.45) is 5.92 Å². The Morgan fingerprint density at radius 3 is 2.57 bits per heavy atom. The molecule has 1 fully saturated rings. The number of nitrogens with zero attached hydrogens (tertiary/aromatic N) is 1. The Hall–Kier alpha value is -3.06. The summed E-state index contributed by atoms with van der Waals surface area (Å²) in [6.45, 7) is 0.592. The standard InChI is InChI=1S/C22H20ClNO6/c23-17-6-3-14(4-7-17)21(26)24-9-1-2-16(11-24)22(27)28-12-18(25)15-5-8-19-20(10-15)30-13-29-19/h3-8,10,16H,1-2,9,11-13H2. The fraction of sp³-hybridized carbons (Fsp3) is 0.318. The molecule has 0 aliphatic carbocycles. The molecule has 4 rings (SSSR count). The van der Waals surface area contributed by atoms with Crippen molar-refractivity contribution < 1.29 is 28.6 Å². The fourth-order valence-corrected chi connectivity index (χ4v) is 3.66. The highest BCUT2D eigenvalue weighted by Crippen LogP contribution is 2.32. The number of amides is 1. The highest BCUT2D eigenvalue weighted by atomic mass is 35.5. The van der Waals surface area contributed by atoms with Crippen molar-refractivity contribution in [3.63, 3.8) is 0 Å². The first kappa shape index (κ1) is 20.2. The van der Waals surface area contributed by atoms with Gasteiger partial charge in [0.15, 0.2) is 23.9 Å². The van der Waals surface area contributed by atoms with E-state index in [4.69, 9.17) is 25.8 Å². The Morgan fingerprint density at radius 2 is 1.77 bits per heavy atom. The topological polar surface area (TPSA) is 82.1 Å². The number of hydrogen-bond acceptors (Lipinski definition) is 6. The zero-order valence-corrected chi connectivity index (χ0v) is 16.9. The van der Waals surface area contributed by atoms with E-state index in [2.05, 4.69) is 0 Å². The van der Waals surface area contributed by atoms with Crippen molar-refractivity contribution in [3.05, 3.63) is 58.6 Å². The number of carbonyl (C=O) groups is 3. The summed E-state index contributed by atoms with van der Waals surface area (Å²) in [7, 11) is 0. The Kier molecular flexibility index (Phi) is 5.90. The molecule has 8 heteroatoms. The predicted octanol–water partition coefficient (Wildman–Crippen LogP) is 3.35. The third kappa shape index (κ3) is 4.41. The van der Waals surface area contributed by atoms with E-state index in [0.29, 0.717) is 47.0 Å². The lowest BCUT2D eigenvalue weighted by molar-refractivity contribution is -0.148. The van der Waals surface area contributed by atoms with Gasteiger partial charge in [-0.1, -0.05) is 11.6 Å². The monoisotopic (exact) mass is 429 g/mol. The summed E-state index contributed by atoms with van der Waals surface area (Å²) < 4.78 is 15.7. The molecule has 1 saturated heterocycles. The Bertz CT molecular complexity index is 974. The zero-order chi connectivity index (χ0) is 21.1. The van der Waals surface area contributed by atoms with Crippen LogP contribution in [0.2, 0.25) is 5.02 Å². The SMILES string of the molecule is O=C(COC(=O)C1CCCN(C(=O)c2ccc(Cl)cc2)C1)c1ccc2c(c1)OCO2. The molecule has 2 aliphatic heterocycles. The first-order chi connectivity index (χ1) is 14.5. The van der Waals surface area contributed by atoms with Crippen LogP contribution in [0.25, 0.3) is 0 Å². The van der Waals surface area contributed by atoms with Crippen LogP contribution in [0.15, 0.2) is 42.5 Å². The minimum atomic E-state index is -0.474. The average Bonchev–Trinajstić information content (AvgIpc) is 3.25. The van der Waals surface area contributed by atoms with Gasteiger partial charge < -0.3 is 19.1 Å². The van der Waals surface area contributed by atoms with Crippen LogP contribution in [0.3, 0.4) is 0 Å². The number of carbonyl (C=O) groups excluding carboxylic acids is 3. The fourth-order valence-electron chi connectivity index (χ4n) is 3.54. The lowest BCUT2D eigenvalue weighted by Gasteiger charge is -2.31. The summed E-state index contributed by atoms with van der Waals surface area (Å²) >= 11 is 5.87. The summed E-state index contributed by atoms with van der Waals surface area (Å²) in [5.41, 5.74) is 0.904. The maximum Gasteiger partial charge on any atom is 0.311 e. The molecule has 1 atom stereocenters. The molecular weight excluding hydrogens is 410 g/mol. The maximum absolute atomic E-state index is 12.7. The highest BCUT2D eigenvalue weighted by molar-refractivity contribution is 6.30. The second kappa shape index (κ2) is 8.75. The van der Waals surface area contributed by atoms with Gasteiger partial charge in [0.1, 0.15) is 0 Å². The van der Waals surface area contributed by atoms with Gasteiger partial charge in [-0.25, -0.2) is 0 Å². The van der Waals surface area contributed by atoms with Crippen LogP contribution in [0.1, 0.15) is 33.6 Å². The average molecular weight is 430 g/mol. The van der Waals surface area contributed by atoms with E-state index in [1.165, 1.54) is 0 Å². The molecular formula is C22H20ClNO6. The highest BCUT2D eigenvalue weighted by Gasteiger charge is 2.30. The summed E-state index contributed by atoms with van der Waals surface area (Å²) in [5.74, 6) is -0.337. The number of hydrogen-bond donors (Lipinski definition) is 0. The lowest BCUT2D eigenvalue weighted by Crippen LogP contribution is -2.43. The summed E-state index contributed by atoms with van der Waals surface area (Å²) in [6, 6.07) is 11.5. The van der Waals surface area contributed by atoms with Crippen LogP contribution < -0.4 is 9.47 Å². The largest absolute Gasteiger partial charge is 0.457 e. The molecule has 2 aromatic rings. The van der Waals surface area contributed by atoms with Crippen molar-refractivity contribution >= 4 is 29.3 Å². The molecule has 30 heavy (non-hydrogen) atoms. The normalized spacial score (nSPS) is 17.5. The number of esters is 1. The van der Waals surface area contributed by atoms with Crippen molar-refractivity contribution in [2.75, 3.05) is 26.5 Å². The minimum Gasteiger partial charge on any atom is -0.457 e. The first-order valence-electron chi connectivity index (χ1n) is 9.65. The number of halogens is 1. The van der Waals surface area contributed by atoms with Gasteiger partial charge in [-0.15, -0.1) is 0 Å². The molecule has 0 radical (unpaired) electrons. The van der Waals surface area contributed by atoms with Gasteiger partial charge in [-0.05, 0) is 55.3 Å².